The second-order valence-corrected chi connectivity index (χ2v) is 4.14. The Morgan fingerprint density at radius 1 is 1.31 bits per heavy atom. The molecule has 0 unspecified atom stereocenters. The first-order chi connectivity index (χ1) is 7.54. The fraction of sp³-hybridized carbons (Fsp3) is 0.462. The summed E-state index contributed by atoms with van der Waals surface area (Å²) in [6.45, 7) is 4.64. The molecule has 0 aliphatic carbocycles. The van der Waals surface area contributed by atoms with Gasteiger partial charge in [0.25, 0.3) is 0 Å². The lowest BCUT2D eigenvalue weighted by molar-refractivity contribution is -0.131. The van der Waals surface area contributed by atoms with Crippen LogP contribution in [0.15, 0.2) is 18.2 Å². The Balaban J connectivity index is 2.66. The number of amides is 1. The zero-order valence-corrected chi connectivity index (χ0v) is 10.2. The average molecular weight is 221 g/mol. The first kappa shape index (κ1) is 12.7. The zero-order valence-electron chi connectivity index (χ0n) is 10.2. The van der Waals surface area contributed by atoms with Gasteiger partial charge in [-0.2, -0.15) is 0 Å². The topological polar surface area (TPSA) is 40.5 Å². The summed E-state index contributed by atoms with van der Waals surface area (Å²) < 4.78 is 0. The largest absolute Gasteiger partial charge is 0.396 e. The van der Waals surface area contributed by atoms with E-state index in [2.05, 4.69) is 26.0 Å². The van der Waals surface area contributed by atoms with Crippen LogP contribution in [0.25, 0.3) is 0 Å². The van der Waals surface area contributed by atoms with Gasteiger partial charge in [0.1, 0.15) is 0 Å². The number of aliphatic hydroxyl groups is 1. The lowest BCUT2D eigenvalue weighted by atomic mass is 10.1. The van der Waals surface area contributed by atoms with Gasteiger partial charge < -0.3 is 10.0 Å². The summed E-state index contributed by atoms with van der Waals surface area (Å²) >= 11 is 0. The van der Waals surface area contributed by atoms with Crippen LogP contribution in [0.2, 0.25) is 0 Å². The number of aliphatic hydroxyl groups excluding tert-OH is 1. The van der Waals surface area contributed by atoms with E-state index in [1.165, 1.54) is 11.1 Å². The van der Waals surface area contributed by atoms with Gasteiger partial charge in [-0.3, -0.25) is 4.79 Å². The third kappa shape index (κ3) is 3.35. The minimum Gasteiger partial charge on any atom is -0.396 e. The smallest absolute Gasteiger partial charge is 0.224 e. The standard InChI is InChI=1S/C13H19NO2/c1-10-4-5-12(8-11(10)2)9-14(3)13(16)6-7-15/h4-5,8,15H,6-7,9H2,1-3H3. The monoisotopic (exact) mass is 221 g/mol. The molecule has 0 atom stereocenters. The molecule has 1 aromatic carbocycles. The van der Waals surface area contributed by atoms with E-state index in [9.17, 15) is 4.79 Å². The molecule has 3 nitrogen and oxygen atoms in total. The Bertz CT molecular complexity index is 374. The summed E-state index contributed by atoms with van der Waals surface area (Å²) in [4.78, 5) is 13.1. The molecule has 0 saturated heterocycles. The van der Waals surface area contributed by atoms with Crippen LogP contribution in [0.4, 0.5) is 0 Å². The summed E-state index contributed by atoms with van der Waals surface area (Å²) in [5.41, 5.74) is 3.62. The van der Waals surface area contributed by atoms with Crippen molar-refractivity contribution in [1.82, 2.24) is 4.90 Å². The lowest BCUT2D eigenvalue weighted by Gasteiger charge is -2.17. The SMILES string of the molecule is Cc1ccc(CN(C)C(=O)CCO)cc1C. The molecule has 1 aromatic rings. The molecule has 1 N–H and O–H groups in total. The highest BCUT2D eigenvalue weighted by Crippen LogP contribution is 2.11. The van der Waals surface area contributed by atoms with Gasteiger partial charge in [-0.15, -0.1) is 0 Å². The molecule has 0 fully saturated rings. The number of aryl methyl sites for hydroxylation is 2. The Morgan fingerprint density at radius 2 is 2.00 bits per heavy atom. The van der Waals surface area contributed by atoms with Crippen LogP contribution in [0.5, 0.6) is 0 Å². The molecule has 0 heterocycles. The van der Waals surface area contributed by atoms with Crippen LogP contribution >= 0.6 is 0 Å². The maximum atomic E-state index is 11.5. The van der Waals surface area contributed by atoms with Gasteiger partial charge in [0.2, 0.25) is 5.91 Å². The van der Waals surface area contributed by atoms with Crippen LogP contribution < -0.4 is 0 Å². The van der Waals surface area contributed by atoms with Crippen molar-refractivity contribution in [1.29, 1.82) is 0 Å². The summed E-state index contributed by atoms with van der Waals surface area (Å²) in [6.07, 6.45) is 0.196. The number of hydrogen-bond acceptors (Lipinski definition) is 2. The molecule has 0 radical (unpaired) electrons. The minimum atomic E-state index is -0.0872. The molecule has 3 heteroatoms. The first-order valence-electron chi connectivity index (χ1n) is 5.45. The van der Waals surface area contributed by atoms with Crippen molar-refractivity contribution < 1.29 is 9.90 Å². The van der Waals surface area contributed by atoms with Crippen molar-refractivity contribution in [3.63, 3.8) is 0 Å². The quantitative estimate of drug-likeness (QED) is 0.839. The molecule has 0 aliphatic rings. The van der Waals surface area contributed by atoms with E-state index >= 15 is 0 Å². The van der Waals surface area contributed by atoms with Gasteiger partial charge in [-0.05, 0) is 30.5 Å². The Morgan fingerprint density at radius 3 is 2.56 bits per heavy atom. The summed E-state index contributed by atoms with van der Waals surface area (Å²) in [5.74, 6) is -0.0271. The minimum absolute atomic E-state index is 0.0271. The molecule has 0 saturated carbocycles. The number of carbonyl (C=O) groups is 1. The molecule has 0 bridgehead atoms. The molecule has 88 valence electrons. The first-order valence-corrected chi connectivity index (χ1v) is 5.45. The van der Waals surface area contributed by atoms with Gasteiger partial charge in [0, 0.05) is 20.0 Å². The molecular weight excluding hydrogens is 202 g/mol. The van der Waals surface area contributed by atoms with Crippen LogP contribution in [0.3, 0.4) is 0 Å². The predicted octanol–water partition coefficient (Wildman–Crippen LogP) is 1.64. The number of carbonyl (C=O) groups excluding carboxylic acids is 1. The summed E-state index contributed by atoms with van der Waals surface area (Å²) in [7, 11) is 1.76. The molecule has 0 aliphatic heterocycles. The van der Waals surface area contributed by atoms with Crippen LogP contribution in [-0.4, -0.2) is 29.6 Å². The maximum Gasteiger partial charge on any atom is 0.224 e. The van der Waals surface area contributed by atoms with Gasteiger partial charge in [0.15, 0.2) is 0 Å². The molecule has 0 spiro atoms. The Hall–Kier alpha value is -1.35. The zero-order chi connectivity index (χ0) is 12.1. The second-order valence-electron chi connectivity index (χ2n) is 4.14. The molecule has 1 rings (SSSR count). The van der Waals surface area contributed by atoms with Crippen molar-refractivity contribution in [2.75, 3.05) is 13.7 Å². The van der Waals surface area contributed by atoms with Crippen LogP contribution in [0, 0.1) is 13.8 Å². The second kappa shape index (κ2) is 5.66. The van der Waals surface area contributed by atoms with E-state index in [1.807, 2.05) is 6.07 Å². The van der Waals surface area contributed by atoms with Crippen molar-refractivity contribution in [2.45, 2.75) is 26.8 Å². The third-order valence-corrected chi connectivity index (χ3v) is 2.74. The lowest BCUT2D eigenvalue weighted by Crippen LogP contribution is -2.26. The van der Waals surface area contributed by atoms with Gasteiger partial charge in [-0.1, -0.05) is 18.2 Å². The predicted molar refractivity (Wildman–Crippen MR) is 64.1 cm³/mol. The van der Waals surface area contributed by atoms with E-state index in [0.717, 1.165) is 5.56 Å². The normalized spacial score (nSPS) is 10.2. The summed E-state index contributed by atoms with van der Waals surface area (Å²) in [6, 6.07) is 6.19. The number of benzene rings is 1. The van der Waals surface area contributed by atoms with Crippen molar-refractivity contribution >= 4 is 5.91 Å². The molecule has 0 aromatic heterocycles. The number of nitrogens with zero attached hydrogens (tertiary/aromatic N) is 1. The fourth-order valence-corrected chi connectivity index (χ4v) is 1.55. The van der Waals surface area contributed by atoms with Crippen molar-refractivity contribution in [2.24, 2.45) is 0 Å². The van der Waals surface area contributed by atoms with E-state index in [0.29, 0.717) is 6.54 Å². The molecular formula is C13H19NO2. The Labute approximate surface area is 96.7 Å². The maximum absolute atomic E-state index is 11.5. The summed E-state index contributed by atoms with van der Waals surface area (Å²) in [5, 5.41) is 8.68. The van der Waals surface area contributed by atoms with Crippen molar-refractivity contribution in [3.8, 4) is 0 Å². The van der Waals surface area contributed by atoms with Crippen molar-refractivity contribution in [3.05, 3.63) is 34.9 Å². The van der Waals surface area contributed by atoms with Gasteiger partial charge in [0.05, 0.1) is 6.61 Å². The van der Waals surface area contributed by atoms with E-state index in [-0.39, 0.29) is 18.9 Å². The highest BCUT2D eigenvalue weighted by atomic mass is 16.3. The molecule has 1 amide bonds. The van der Waals surface area contributed by atoms with Crippen LogP contribution in [0.1, 0.15) is 23.1 Å². The highest BCUT2D eigenvalue weighted by molar-refractivity contribution is 5.75. The third-order valence-electron chi connectivity index (χ3n) is 2.74. The number of rotatable bonds is 4. The average Bonchev–Trinajstić information content (AvgIpc) is 2.24. The Kier molecular flexibility index (Phi) is 4.50. The highest BCUT2D eigenvalue weighted by Gasteiger charge is 2.08. The fourth-order valence-electron chi connectivity index (χ4n) is 1.55. The van der Waals surface area contributed by atoms with Gasteiger partial charge in [-0.25, -0.2) is 0 Å². The number of hydrogen-bond donors (Lipinski definition) is 1. The van der Waals surface area contributed by atoms with Crippen LogP contribution in [-0.2, 0) is 11.3 Å². The molecule has 16 heavy (non-hydrogen) atoms. The van der Waals surface area contributed by atoms with E-state index < -0.39 is 0 Å². The van der Waals surface area contributed by atoms with E-state index in [1.54, 1.807) is 11.9 Å². The van der Waals surface area contributed by atoms with E-state index in [4.69, 9.17) is 5.11 Å². The van der Waals surface area contributed by atoms with Gasteiger partial charge >= 0.3 is 0 Å².